The molecule has 1 amide bonds. The zero-order valence-corrected chi connectivity index (χ0v) is 6.47. The van der Waals surface area contributed by atoms with E-state index in [0.717, 1.165) is 0 Å². The summed E-state index contributed by atoms with van der Waals surface area (Å²) in [5.41, 5.74) is 4.69. The van der Waals surface area contributed by atoms with Crippen molar-refractivity contribution in [3.8, 4) is 0 Å². The normalized spacial score (nSPS) is 11.1. The lowest BCUT2D eigenvalue weighted by molar-refractivity contribution is -0.120. The van der Waals surface area contributed by atoms with Crippen LogP contribution in [0.25, 0.3) is 0 Å². The lowest BCUT2D eigenvalue weighted by atomic mass is 10.7. The molecule has 0 fully saturated rings. The van der Waals surface area contributed by atoms with E-state index in [4.69, 9.17) is 0 Å². The third-order valence-corrected chi connectivity index (χ3v) is 1.36. The number of carbonyl (C=O) groups excluding carboxylic acids is 1. The monoisotopic (exact) mass is 166 g/mol. The van der Waals surface area contributed by atoms with E-state index in [-0.39, 0.29) is 13.2 Å². The minimum atomic E-state index is -2.16. The van der Waals surface area contributed by atoms with Gasteiger partial charge in [-0.15, -0.1) is 9.05 Å². The summed E-state index contributed by atoms with van der Waals surface area (Å²) in [7, 11) is -2.16. The van der Waals surface area contributed by atoms with Crippen molar-refractivity contribution in [2.45, 2.75) is 6.92 Å². The van der Waals surface area contributed by atoms with Crippen molar-refractivity contribution in [2.75, 3.05) is 13.2 Å². The number of hydrogen-bond donors (Lipinski definition) is 1. The first kappa shape index (κ1) is 9.49. The highest BCUT2D eigenvalue weighted by atomic mass is 31.1. The molecule has 1 atom stereocenters. The highest BCUT2D eigenvalue weighted by Gasteiger charge is 2.19. The largest absolute Gasteiger partial charge is 0.697 e. The smallest absolute Gasteiger partial charge is 0.368 e. The van der Waals surface area contributed by atoms with Gasteiger partial charge in [0.2, 0.25) is 5.91 Å². The molecule has 0 aliphatic carbocycles. The molecule has 0 radical (unpaired) electrons. The van der Waals surface area contributed by atoms with Crippen LogP contribution in [0, 0.1) is 0 Å². The van der Waals surface area contributed by atoms with Gasteiger partial charge in [-0.1, -0.05) is 0 Å². The van der Waals surface area contributed by atoms with Crippen LogP contribution in [0.1, 0.15) is 6.92 Å². The van der Waals surface area contributed by atoms with Crippen LogP contribution in [0.2, 0.25) is 0 Å². The molecule has 1 unspecified atom stereocenters. The number of amides is 1. The molecule has 0 saturated carbocycles. The topological polar surface area (TPSA) is 78.6 Å². The van der Waals surface area contributed by atoms with Gasteiger partial charge in [0.05, 0.1) is 0 Å². The Morgan fingerprint density at radius 1 is 1.60 bits per heavy atom. The van der Waals surface area contributed by atoms with Crippen LogP contribution in [-0.2, 0) is 18.4 Å². The summed E-state index contributed by atoms with van der Waals surface area (Å²) in [6.07, 6.45) is 0. The van der Waals surface area contributed by atoms with Gasteiger partial charge in [0.25, 0.3) is 0 Å². The molecule has 10 heavy (non-hydrogen) atoms. The lowest BCUT2D eigenvalue weighted by Gasteiger charge is -1.83. The molecule has 0 aromatic rings. The van der Waals surface area contributed by atoms with Crippen LogP contribution in [0.4, 0.5) is 0 Å². The molecule has 5 nitrogen and oxygen atoms in total. The first-order chi connectivity index (χ1) is 4.66. The SMILES string of the molecule is CCO[P+](=O)OCC(N)=O. The van der Waals surface area contributed by atoms with Gasteiger partial charge in [0.1, 0.15) is 6.61 Å². The highest BCUT2D eigenvalue weighted by molar-refractivity contribution is 7.33. The molecule has 0 aliphatic heterocycles. The fraction of sp³-hybridized carbons (Fsp3) is 0.750. The van der Waals surface area contributed by atoms with Gasteiger partial charge in [-0.05, 0) is 6.92 Å². The van der Waals surface area contributed by atoms with E-state index >= 15 is 0 Å². The molecule has 2 N–H and O–H groups in total. The van der Waals surface area contributed by atoms with Crippen LogP contribution in [0.5, 0.6) is 0 Å². The van der Waals surface area contributed by atoms with Crippen molar-refractivity contribution in [2.24, 2.45) is 5.73 Å². The van der Waals surface area contributed by atoms with Gasteiger partial charge in [-0.2, -0.15) is 0 Å². The third-order valence-electron chi connectivity index (χ3n) is 0.547. The average molecular weight is 166 g/mol. The van der Waals surface area contributed by atoms with E-state index in [2.05, 4.69) is 14.8 Å². The molecular weight excluding hydrogens is 157 g/mol. The molecule has 0 heterocycles. The van der Waals surface area contributed by atoms with E-state index < -0.39 is 14.2 Å². The Balaban J connectivity index is 3.30. The van der Waals surface area contributed by atoms with E-state index in [1.165, 1.54) is 0 Å². The van der Waals surface area contributed by atoms with Gasteiger partial charge in [-0.3, -0.25) is 4.79 Å². The summed E-state index contributed by atoms with van der Waals surface area (Å²) in [6, 6.07) is 0. The molecule has 0 aromatic carbocycles. The minimum absolute atomic E-state index is 0.286. The van der Waals surface area contributed by atoms with Crippen LogP contribution >= 0.6 is 8.25 Å². The second-order valence-corrected chi connectivity index (χ2v) is 2.34. The third kappa shape index (κ3) is 5.62. The zero-order chi connectivity index (χ0) is 7.98. The number of primary amides is 1. The minimum Gasteiger partial charge on any atom is -0.368 e. The molecule has 0 bridgehead atoms. The van der Waals surface area contributed by atoms with Crippen molar-refractivity contribution in [3.05, 3.63) is 0 Å². The summed E-state index contributed by atoms with van der Waals surface area (Å²) >= 11 is 0. The second kappa shape index (κ2) is 5.29. The Hall–Kier alpha value is -0.510. The molecule has 0 rings (SSSR count). The fourth-order valence-corrected chi connectivity index (χ4v) is 0.777. The van der Waals surface area contributed by atoms with Crippen molar-refractivity contribution < 1.29 is 18.4 Å². The van der Waals surface area contributed by atoms with Gasteiger partial charge in [0, 0.05) is 4.57 Å². The van der Waals surface area contributed by atoms with Gasteiger partial charge < -0.3 is 5.73 Å². The zero-order valence-electron chi connectivity index (χ0n) is 5.57. The van der Waals surface area contributed by atoms with E-state index in [1.807, 2.05) is 0 Å². The summed E-state index contributed by atoms with van der Waals surface area (Å²) < 4.78 is 19.3. The molecule has 0 aromatic heterocycles. The van der Waals surface area contributed by atoms with Crippen molar-refractivity contribution in [1.82, 2.24) is 0 Å². The summed E-state index contributed by atoms with van der Waals surface area (Å²) in [5.74, 6) is -0.664. The van der Waals surface area contributed by atoms with Crippen LogP contribution in [0.15, 0.2) is 0 Å². The molecule has 0 spiro atoms. The van der Waals surface area contributed by atoms with Crippen molar-refractivity contribution in [1.29, 1.82) is 0 Å². The summed E-state index contributed by atoms with van der Waals surface area (Å²) in [4.78, 5) is 10.0. The first-order valence-electron chi connectivity index (χ1n) is 2.68. The van der Waals surface area contributed by atoms with Gasteiger partial charge >= 0.3 is 8.25 Å². The Kier molecular flexibility index (Phi) is 5.02. The van der Waals surface area contributed by atoms with E-state index in [0.29, 0.717) is 0 Å². The Labute approximate surface area is 59.4 Å². The van der Waals surface area contributed by atoms with Crippen LogP contribution in [0.3, 0.4) is 0 Å². The standard InChI is InChI=1S/C4H8NO4P/c1-2-8-10(7)9-3-4(5)6/h2-3H2,1H3,(H-,5,6)/p+1. The van der Waals surface area contributed by atoms with Gasteiger partial charge in [-0.25, -0.2) is 0 Å². The number of hydrogen-bond acceptors (Lipinski definition) is 4. The van der Waals surface area contributed by atoms with Crippen molar-refractivity contribution >= 4 is 14.2 Å². The lowest BCUT2D eigenvalue weighted by Crippen LogP contribution is -2.16. The predicted octanol–water partition coefficient (Wildman–Crippen LogP) is 0.182. The second-order valence-electron chi connectivity index (χ2n) is 1.38. The Bertz CT molecular complexity index is 137. The maximum Gasteiger partial charge on any atom is 0.697 e. The number of carbonyl (C=O) groups is 1. The quantitative estimate of drug-likeness (QED) is 0.591. The van der Waals surface area contributed by atoms with Crippen molar-refractivity contribution in [3.63, 3.8) is 0 Å². The predicted molar refractivity (Wildman–Crippen MR) is 34.4 cm³/mol. The molecule has 58 valence electrons. The maximum atomic E-state index is 10.4. The number of rotatable bonds is 5. The Morgan fingerprint density at radius 2 is 2.20 bits per heavy atom. The van der Waals surface area contributed by atoms with Crippen LogP contribution in [-0.4, -0.2) is 19.1 Å². The van der Waals surface area contributed by atoms with E-state index in [9.17, 15) is 9.36 Å². The summed E-state index contributed by atoms with van der Waals surface area (Å²) in [5, 5.41) is 0. The van der Waals surface area contributed by atoms with Gasteiger partial charge in [0.15, 0.2) is 6.61 Å². The van der Waals surface area contributed by atoms with Crippen LogP contribution < -0.4 is 5.73 Å². The summed E-state index contributed by atoms with van der Waals surface area (Å²) in [6.45, 7) is 1.59. The maximum absolute atomic E-state index is 10.4. The molecule has 0 aliphatic rings. The average Bonchev–Trinajstić information content (AvgIpc) is 1.85. The molecule has 6 heteroatoms. The molecular formula is C4H9NO4P+. The first-order valence-corrected chi connectivity index (χ1v) is 3.77. The number of nitrogens with two attached hydrogens (primary N) is 1. The fourth-order valence-electron chi connectivity index (χ4n) is 0.259. The Morgan fingerprint density at radius 3 is 2.60 bits per heavy atom. The molecule has 0 saturated heterocycles. The van der Waals surface area contributed by atoms with E-state index in [1.54, 1.807) is 6.92 Å². The highest BCUT2D eigenvalue weighted by Crippen LogP contribution is 2.22.